The van der Waals surface area contributed by atoms with Crippen LogP contribution in [0, 0.1) is 10.1 Å². The van der Waals surface area contributed by atoms with E-state index in [1.54, 1.807) is 0 Å². The molecule has 0 saturated heterocycles. The lowest BCUT2D eigenvalue weighted by Gasteiger charge is -2.14. The number of pyridine rings is 1. The lowest BCUT2D eigenvalue weighted by atomic mass is 10.3. The molecule has 0 unspecified atom stereocenters. The Balaban J connectivity index is 3.15. The molecule has 1 aromatic heterocycles. The number of aliphatic hydroxyl groups excluding tert-OH is 2. The molecule has 0 saturated carbocycles. The summed E-state index contributed by atoms with van der Waals surface area (Å²) in [5.41, 5.74) is -0.496. The first-order valence-corrected chi connectivity index (χ1v) is 5.25. The topological polar surface area (TPSA) is 135 Å². The van der Waals surface area contributed by atoms with Crippen LogP contribution in [0.4, 0.5) is 11.5 Å². The van der Waals surface area contributed by atoms with E-state index in [1.807, 2.05) is 0 Å². The number of esters is 1. The average Bonchev–Trinajstić information content (AvgIpc) is 2.43. The van der Waals surface area contributed by atoms with Gasteiger partial charge in [0.2, 0.25) is 5.82 Å². The van der Waals surface area contributed by atoms with Gasteiger partial charge in [-0.2, -0.15) is 0 Å². The zero-order valence-electron chi connectivity index (χ0n) is 10.1. The van der Waals surface area contributed by atoms with Crippen LogP contribution in [0.5, 0.6) is 0 Å². The number of anilines is 1. The van der Waals surface area contributed by atoms with Gasteiger partial charge in [-0.1, -0.05) is 0 Å². The van der Waals surface area contributed by atoms with Crippen LogP contribution in [-0.2, 0) is 4.74 Å². The standard InChI is InChI=1S/C10H13N3O6/c1-19-10(16)7-2-3-8(13(17)18)9(12-7)11-6(4-14)5-15/h2-3,6,14-15H,4-5H2,1H3,(H,11,12). The predicted octanol–water partition coefficient (Wildman–Crippen LogP) is -0.459. The monoisotopic (exact) mass is 271 g/mol. The van der Waals surface area contributed by atoms with Crippen LogP contribution in [0.1, 0.15) is 10.5 Å². The Kier molecular flexibility index (Phi) is 5.15. The molecule has 0 bridgehead atoms. The molecule has 0 spiro atoms. The van der Waals surface area contributed by atoms with Gasteiger partial charge in [0.25, 0.3) is 0 Å². The molecule has 0 amide bonds. The number of nitrogens with one attached hydrogen (secondary N) is 1. The van der Waals surface area contributed by atoms with Gasteiger partial charge in [-0.05, 0) is 6.07 Å². The third-order valence-corrected chi connectivity index (χ3v) is 2.25. The number of methoxy groups -OCH3 is 1. The van der Waals surface area contributed by atoms with Gasteiger partial charge in [0, 0.05) is 6.07 Å². The SMILES string of the molecule is COC(=O)c1ccc([N+](=O)[O-])c(NC(CO)CO)n1. The molecule has 0 aromatic carbocycles. The van der Waals surface area contributed by atoms with E-state index in [0.29, 0.717) is 0 Å². The van der Waals surface area contributed by atoms with E-state index in [9.17, 15) is 14.9 Å². The van der Waals surface area contributed by atoms with Gasteiger partial charge < -0.3 is 20.3 Å². The Labute approximate surface area is 108 Å². The van der Waals surface area contributed by atoms with Crippen molar-refractivity contribution in [2.24, 2.45) is 0 Å². The molecule has 0 aliphatic rings. The number of rotatable bonds is 6. The van der Waals surface area contributed by atoms with Crippen molar-refractivity contribution in [3.63, 3.8) is 0 Å². The Morgan fingerprint density at radius 2 is 2.16 bits per heavy atom. The molecule has 0 atom stereocenters. The molecule has 9 heteroatoms. The van der Waals surface area contributed by atoms with E-state index in [2.05, 4.69) is 15.0 Å². The largest absolute Gasteiger partial charge is 0.464 e. The van der Waals surface area contributed by atoms with E-state index in [0.717, 1.165) is 19.2 Å². The molecule has 0 radical (unpaired) electrons. The molecular weight excluding hydrogens is 258 g/mol. The van der Waals surface area contributed by atoms with Crippen LogP contribution in [0.25, 0.3) is 0 Å². The number of ether oxygens (including phenoxy) is 1. The quantitative estimate of drug-likeness (QED) is 0.359. The van der Waals surface area contributed by atoms with Gasteiger partial charge >= 0.3 is 11.7 Å². The zero-order valence-corrected chi connectivity index (χ0v) is 10.1. The number of aliphatic hydroxyl groups is 2. The summed E-state index contributed by atoms with van der Waals surface area (Å²) < 4.78 is 4.45. The number of hydrogen-bond donors (Lipinski definition) is 3. The second kappa shape index (κ2) is 6.61. The molecule has 0 aliphatic carbocycles. The Morgan fingerprint density at radius 1 is 1.53 bits per heavy atom. The van der Waals surface area contributed by atoms with E-state index in [-0.39, 0.29) is 17.2 Å². The summed E-state index contributed by atoms with van der Waals surface area (Å²) in [6.07, 6.45) is 0. The fraction of sp³-hybridized carbons (Fsp3) is 0.400. The van der Waals surface area contributed by atoms with Crippen molar-refractivity contribution in [2.45, 2.75) is 6.04 Å². The van der Waals surface area contributed by atoms with Crippen molar-refractivity contribution in [2.75, 3.05) is 25.6 Å². The molecule has 104 valence electrons. The number of aromatic nitrogens is 1. The molecule has 1 aromatic rings. The first kappa shape index (κ1) is 14.8. The van der Waals surface area contributed by atoms with E-state index >= 15 is 0 Å². The Morgan fingerprint density at radius 3 is 2.63 bits per heavy atom. The summed E-state index contributed by atoms with van der Waals surface area (Å²) in [5, 5.41) is 31.2. The van der Waals surface area contributed by atoms with Crippen molar-refractivity contribution >= 4 is 17.5 Å². The molecule has 1 heterocycles. The van der Waals surface area contributed by atoms with Crippen molar-refractivity contribution in [3.8, 4) is 0 Å². The predicted molar refractivity (Wildman–Crippen MR) is 63.8 cm³/mol. The first-order chi connectivity index (χ1) is 9.03. The van der Waals surface area contributed by atoms with Gasteiger partial charge in [0.05, 0.1) is 31.3 Å². The number of nitro groups is 1. The number of carbonyl (C=O) groups excluding carboxylic acids is 1. The third kappa shape index (κ3) is 3.60. The fourth-order valence-corrected chi connectivity index (χ4v) is 1.27. The van der Waals surface area contributed by atoms with E-state index < -0.39 is 30.1 Å². The Bertz CT molecular complexity index is 474. The second-order valence-corrected chi connectivity index (χ2v) is 3.52. The van der Waals surface area contributed by atoms with Gasteiger partial charge in [-0.25, -0.2) is 9.78 Å². The van der Waals surface area contributed by atoms with Gasteiger partial charge in [-0.15, -0.1) is 0 Å². The average molecular weight is 271 g/mol. The maximum absolute atomic E-state index is 11.3. The van der Waals surface area contributed by atoms with Crippen LogP contribution < -0.4 is 5.32 Å². The minimum Gasteiger partial charge on any atom is -0.464 e. The first-order valence-electron chi connectivity index (χ1n) is 5.25. The van der Waals surface area contributed by atoms with Gasteiger partial charge in [0.15, 0.2) is 5.69 Å². The van der Waals surface area contributed by atoms with Crippen LogP contribution in [0.2, 0.25) is 0 Å². The lowest BCUT2D eigenvalue weighted by Crippen LogP contribution is -2.28. The van der Waals surface area contributed by atoms with E-state index in [4.69, 9.17) is 10.2 Å². The van der Waals surface area contributed by atoms with E-state index in [1.165, 1.54) is 0 Å². The highest BCUT2D eigenvalue weighted by Crippen LogP contribution is 2.23. The Hall–Kier alpha value is -2.26. The summed E-state index contributed by atoms with van der Waals surface area (Å²) >= 11 is 0. The molecule has 1 rings (SSSR count). The summed E-state index contributed by atoms with van der Waals surface area (Å²) in [7, 11) is 1.16. The molecule has 3 N–H and O–H groups in total. The fourth-order valence-electron chi connectivity index (χ4n) is 1.27. The molecule has 19 heavy (non-hydrogen) atoms. The third-order valence-electron chi connectivity index (χ3n) is 2.25. The van der Waals surface area contributed by atoms with Crippen molar-refractivity contribution in [1.29, 1.82) is 0 Å². The summed E-state index contributed by atoms with van der Waals surface area (Å²) in [5.74, 6) is -0.969. The van der Waals surface area contributed by atoms with Crippen molar-refractivity contribution < 1.29 is 24.7 Å². The summed E-state index contributed by atoms with van der Waals surface area (Å²) in [6, 6.07) is 1.43. The van der Waals surface area contributed by atoms with Crippen molar-refractivity contribution in [3.05, 3.63) is 27.9 Å². The molecule has 9 nitrogen and oxygen atoms in total. The number of hydrogen-bond acceptors (Lipinski definition) is 8. The minimum absolute atomic E-state index is 0.120. The van der Waals surface area contributed by atoms with Crippen LogP contribution >= 0.6 is 0 Å². The minimum atomic E-state index is -0.820. The maximum atomic E-state index is 11.3. The maximum Gasteiger partial charge on any atom is 0.356 e. The zero-order chi connectivity index (χ0) is 14.4. The summed E-state index contributed by atoms with van der Waals surface area (Å²) in [6.45, 7) is -0.893. The van der Waals surface area contributed by atoms with Gasteiger partial charge in [0.1, 0.15) is 0 Å². The van der Waals surface area contributed by atoms with Crippen LogP contribution in [-0.4, -0.2) is 52.5 Å². The molecular formula is C10H13N3O6. The highest BCUT2D eigenvalue weighted by molar-refractivity contribution is 5.88. The number of carbonyl (C=O) groups is 1. The van der Waals surface area contributed by atoms with Gasteiger partial charge in [-0.3, -0.25) is 10.1 Å². The number of nitrogens with zero attached hydrogens (tertiary/aromatic N) is 2. The molecule has 0 fully saturated rings. The summed E-state index contributed by atoms with van der Waals surface area (Å²) in [4.78, 5) is 25.2. The smallest absolute Gasteiger partial charge is 0.356 e. The van der Waals surface area contributed by atoms with Crippen LogP contribution in [0.15, 0.2) is 12.1 Å². The lowest BCUT2D eigenvalue weighted by molar-refractivity contribution is -0.384. The van der Waals surface area contributed by atoms with Crippen molar-refractivity contribution in [1.82, 2.24) is 4.98 Å². The second-order valence-electron chi connectivity index (χ2n) is 3.52. The highest BCUT2D eigenvalue weighted by atomic mass is 16.6. The van der Waals surface area contributed by atoms with Crippen LogP contribution in [0.3, 0.4) is 0 Å². The molecule has 0 aliphatic heterocycles. The highest BCUT2D eigenvalue weighted by Gasteiger charge is 2.21. The normalized spacial score (nSPS) is 10.3.